The fourth-order valence-electron chi connectivity index (χ4n) is 4.60. The van der Waals surface area contributed by atoms with Gasteiger partial charge in [-0.3, -0.25) is 9.47 Å². The van der Waals surface area contributed by atoms with Crippen LogP contribution in [0.15, 0.2) is 36.8 Å². The normalized spacial score (nSPS) is 24.5. The van der Waals surface area contributed by atoms with Gasteiger partial charge in [0.25, 0.3) is 0 Å². The Morgan fingerprint density at radius 3 is 2.77 bits per heavy atom. The van der Waals surface area contributed by atoms with Gasteiger partial charge in [-0.1, -0.05) is 0 Å². The van der Waals surface area contributed by atoms with Crippen LogP contribution in [0.1, 0.15) is 25.0 Å². The number of ether oxygens (including phenoxy) is 1. The monoisotopic (exact) mass is 355 g/mol. The number of likely N-dealkylation sites (tertiary alicyclic amines) is 2. The lowest BCUT2D eigenvalue weighted by molar-refractivity contribution is 0.0672. The Kier molecular flexibility index (Phi) is 5.33. The van der Waals surface area contributed by atoms with Crippen molar-refractivity contribution in [1.29, 1.82) is 0 Å². The third-order valence-electron chi connectivity index (χ3n) is 5.86. The number of nitrogens with zero attached hydrogens (tertiary/aromatic N) is 5. The number of rotatable bonds is 6. The van der Waals surface area contributed by atoms with Gasteiger partial charge in [0.1, 0.15) is 0 Å². The lowest BCUT2D eigenvalue weighted by atomic mass is 9.79. The van der Waals surface area contributed by atoms with Crippen LogP contribution in [0.25, 0.3) is 5.95 Å². The van der Waals surface area contributed by atoms with Gasteiger partial charge >= 0.3 is 0 Å². The average Bonchev–Trinajstić information content (AvgIpc) is 3.28. The van der Waals surface area contributed by atoms with Gasteiger partial charge in [-0.15, -0.1) is 0 Å². The Morgan fingerprint density at radius 2 is 1.92 bits per heavy atom. The van der Waals surface area contributed by atoms with Crippen molar-refractivity contribution in [1.82, 2.24) is 24.3 Å². The van der Waals surface area contributed by atoms with Crippen LogP contribution in [0.4, 0.5) is 0 Å². The minimum absolute atomic E-state index is 0.465. The largest absolute Gasteiger partial charge is 0.383 e. The minimum Gasteiger partial charge on any atom is -0.383 e. The number of hydrogen-bond donors (Lipinski definition) is 0. The van der Waals surface area contributed by atoms with E-state index in [0.717, 1.165) is 25.6 Å². The van der Waals surface area contributed by atoms with Crippen LogP contribution in [-0.2, 0) is 11.3 Å². The summed E-state index contributed by atoms with van der Waals surface area (Å²) >= 11 is 0. The highest BCUT2D eigenvalue weighted by atomic mass is 16.5. The third kappa shape index (κ3) is 3.82. The van der Waals surface area contributed by atoms with Crippen molar-refractivity contribution in [2.45, 2.75) is 25.8 Å². The van der Waals surface area contributed by atoms with Crippen LogP contribution in [0.2, 0.25) is 0 Å². The maximum atomic E-state index is 5.28. The third-order valence-corrected chi connectivity index (χ3v) is 5.86. The molecular formula is C20H29N5O. The summed E-state index contributed by atoms with van der Waals surface area (Å²) in [7, 11) is 1.79. The molecule has 2 aromatic rings. The highest BCUT2D eigenvalue weighted by Crippen LogP contribution is 2.39. The molecule has 1 spiro atoms. The molecule has 2 aromatic heterocycles. The molecule has 0 saturated carbocycles. The van der Waals surface area contributed by atoms with Gasteiger partial charge in [-0.05, 0) is 56.0 Å². The number of methoxy groups -OCH3 is 1. The minimum atomic E-state index is 0.465. The molecule has 0 amide bonds. The lowest BCUT2D eigenvalue weighted by Crippen LogP contribution is -2.45. The Balaban J connectivity index is 1.40. The lowest BCUT2D eigenvalue weighted by Gasteiger charge is -2.40. The fourth-order valence-corrected chi connectivity index (χ4v) is 4.60. The van der Waals surface area contributed by atoms with Gasteiger partial charge in [-0.25, -0.2) is 9.97 Å². The number of aromatic nitrogens is 3. The average molecular weight is 355 g/mol. The first-order valence-electron chi connectivity index (χ1n) is 9.65. The molecule has 2 aliphatic heterocycles. The maximum absolute atomic E-state index is 5.28. The van der Waals surface area contributed by atoms with Crippen LogP contribution in [0.3, 0.4) is 0 Å². The van der Waals surface area contributed by atoms with Crippen LogP contribution >= 0.6 is 0 Å². The Hall–Kier alpha value is -1.76. The Morgan fingerprint density at radius 1 is 1.08 bits per heavy atom. The van der Waals surface area contributed by atoms with Crippen molar-refractivity contribution in [3.63, 3.8) is 0 Å². The SMILES string of the molecule is COCCN1CCC[C@]2(CCN(Cc3cccn3-c3ncccn3)C2)C1. The van der Waals surface area contributed by atoms with Crippen molar-refractivity contribution >= 4 is 0 Å². The second kappa shape index (κ2) is 7.86. The molecule has 0 N–H and O–H groups in total. The summed E-state index contributed by atoms with van der Waals surface area (Å²) in [5.41, 5.74) is 1.73. The van der Waals surface area contributed by atoms with E-state index >= 15 is 0 Å². The first kappa shape index (κ1) is 17.6. The molecule has 2 fully saturated rings. The van der Waals surface area contributed by atoms with E-state index in [1.807, 2.05) is 6.07 Å². The molecule has 140 valence electrons. The van der Waals surface area contributed by atoms with Crippen molar-refractivity contribution in [3.8, 4) is 5.95 Å². The molecule has 1 atom stereocenters. The molecule has 2 saturated heterocycles. The summed E-state index contributed by atoms with van der Waals surface area (Å²) in [6.45, 7) is 7.67. The van der Waals surface area contributed by atoms with Gasteiger partial charge in [-0.2, -0.15) is 0 Å². The van der Waals surface area contributed by atoms with Gasteiger partial charge in [0, 0.05) is 57.6 Å². The van der Waals surface area contributed by atoms with E-state index in [1.165, 1.54) is 51.1 Å². The van der Waals surface area contributed by atoms with E-state index in [1.54, 1.807) is 19.5 Å². The summed E-state index contributed by atoms with van der Waals surface area (Å²) in [5, 5.41) is 0. The van der Waals surface area contributed by atoms with Crippen LogP contribution in [0, 0.1) is 5.41 Å². The van der Waals surface area contributed by atoms with E-state index in [0.29, 0.717) is 5.41 Å². The molecule has 0 bridgehead atoms. The summed E-state index contributed by atoms with van der Waals surface area (Å²) in [6.07, 6.45) is 9.63. The standard InChI is InChI=1S/C20H29N5O/c1-26-14-13-23-10-3-6-20(16-23)7-12-24(17-20)15-18-5-2-11-25(18)19-21-8-4-9-22-19/h2,4-5,8-9,11H,3,6-7,10,12-17H2,1H3/t20-/m0/s1. The summed E-state index contributed by atoms with van der Waals surface area (Å²) in [5.74, 6) is 0.754. The zero-order chi connectivity index (χ0) is 17.8. The second-order valence-electron chi connectivity index (χ2n) is 7.75. The summed E-state index contributed by atoms with van der Waals surface area (Å²) in [6, 6.07) is 6.13. The smallest absolute Gasteiger partial charge is 0.233 e. The molecule has 4 rings (SSSR count). The number of piperidine rings is 1. The van der Waals surface area contributed by atoms with E-state index in [2.05, 4.69) is 42.7 Å². The Bertz CT molecular complexity index is 703. The first-order chi connectivity index (χ1) is 12.8. The van der Waals surface area contributed by atoms with Crippen LogP contribution in [-0.4, -0.2) is 70.8 Å². The molecule has 26 heavy (non-hydrogen) atoms. The number of hydrogen-bond acceptors (Lipinski definition) is 5. The van der Waals surface area contributed by atoms with Gasteiger partial charge in [0.2, 0.25) is 5.95 Å². The molecule has 0 unspecified atom stereocenters. The molecule has 4 heterocycles. The molecule has 0 aromatic carbocycles. The van der Waals surface area contributed by atoms with E-state index in [4.69, 9.17) is 4.74 Å². The predicted octanol–water partition coefficient (Wildman–Crippen LogP) is 2.20. The Labute approximate surface area is 155 Å². The zero-order valence-corrected chi connectivity index (χ0v) is 15.7. The van der Waals surface area contributed by atoms with Gasteiger partial charge in [0.05, 0.1) is 6.61 Å². The first-order valence-corrected chi connectivity index (χ1v) is 9.65. The highest BCUT2D eigenvalue weighted by molar-refractivity contribution is 5.20. The van der Waals surface area contributed by atoms with Crippen molar-refractivity contribution in [2.75, 3.05) is 46.4 Å². The predicted molar refractivity (Wildman–Crippen MR) is 101 cm³/mol. The van der Waals surface area contributed by atoms with E-state index < -0.39 is 0 Å². The van der Waals surface area contributed by atoms with Crippen molar-refractivity contribution in [2.24, 2.45) is 5.41 Å². The van der Waals surface area contributed by atoms with E-state index in [-0.39, 0.29) is 0 Å². The maximum Gasteiger partial charge on any atom is 0.233 e. The fraction of sp³-hybridized carbons (Fsp3) is 0.600. The summed E-state index contributed by atoms with van der Waals surface area (Å²) in [4.78, 5) is 14.0. The molecule has 0 radical (unpaired) electrons. The highest BCUT2D eigenvalue weighted by Gasteiger charge is 2.41. The van der Waals surface area contributed by atoms with Crippen LogP contribution in [0.5, 0.6) is 0 Å². The topological polar surface area (TPSA) is 46.4 Å². The molecule has 6 nitrogen and oxygen atoms in total. The zero-order valence-electron chi connectivity index (χ0n) is 15.7. The quantitative estimate of drug-likeness (QED) is 0.795. The van der Waals surface area contributed by atoms with Crippen LogP contribution < -0.4 is 0 Å². The van der Waals surface area contributed by atoms with Gasteiger partial charge < -0.3 is 9.64 Å². The van der Waals surface area contributed by atoms with E-state index in [9.17, 15) is 0 Å². The molecular weight excluding hydrogens is 326 g/mol. The molecule has 0 aliphatic carbocycles. The van der Waals surface area contributed by atoms with Crippen molar-refractivity contribution in [3.05, 3.63) is 42.5 Å². The van der Waals surface area contributed by atoms with Crippen molar-refractivity contribution < 1.29 is 4.74 Å². The second-order valence-corrected chi connectivity index (χ2v) is 7.75. The summed E-state index contributed by atoms with van der Waals surface area (Å²) < 4.78 is 7.38. The van der Waals surface area contributed by atoms with Gasteiger partial charge in [0.15, 0.2) is 0 Å². The molecule has 2 aliphatic rings. The molecule has 6 heteroatoms.